The van der Waals surface area contributed by atoms with Gasteiger partial charge in [-0.3, -0.25) is 0 Å². The van der Waals surface area contributed by atoms with Crippen LogP contribution in [0.25, 0.3) is 16.9 Å². The molecule has 3 aromatic rings. The first kappa shape index (κ1) is 16.3. The zero-order valence-corrected chi connectivity index (χ0v) is 14.2. The van der Waals surface area contributed by atoms with E-state index in [-0.39, 0.29) is 0 Å². The third kappa shape index (κ3) is 2.93. The molecule has 4 nitrogen and oxygen atoms in total. The summed E-state index contributed by atoms with van der Waals surface area (Å²) in [6, 6.07) is 17.2. The topological polar surface area (TPSA) is 44.1 Å². The van der Waals surface area contributed by atoms with E-state index in [1.54, 1.807) is 17.7 Å². The first-order chi connectivity index (χ1) is 11.6. The van der Waals surface area contributed by atoms with Crippen LogP contribution in [0.5, 0.6) is 0 Å². The molecular formula is C19H17ClN2O2. The van der Waals surface area contributed by atoms with Crippen molar-refractivity contribution in [2.45, 2.75) is 13.8 Å². The van der Waals surface area contributed by atoms with E-state index in [1.165, 1.54) is 0 Å². The number of para-hydroxylation sites is 1. The van der Waals surface area contributed by atoms with Crippen molar-refractivity contribution in [2.75, 3.05) is 6.61 Å². The lowest BCUT2D eigenvalue weighted by Crippen LogP contribution is -2.07. The number of ether oxygens (including phenoxy) is 1. The SMILES string of the molecule is CCOC(=O)c1nn(-c2ccccc2Cl)c(-c2ccccc2)c1C. The molecule has 0 unspecified atom stereocenters. The van der Waals surface area contributed by atoms with E-state index in [1.807, 2.05) is 55.5 Å². The van der Waals surface area contributed by atoms with Gasteiger partial charge in [-0.25, -0.2) is 9.48 Å². The Morgan fingerprint density at radius 3 is 2.46 bits per heavy atom. The Morgan fingerprint density at radius 1 is 1.12 bits per heavy atom. The van der Waals surface area contributed by atoms with Crippen molar-refractivity contribution in [3.05, 3.63) is 70.9 Å². The summed E-state index contributed by atoms with van der Waals surface area (Å²) in [7, 11) is 0. The van der Waals surface area contributed by atoms with Gasteiger partial charge in [-0.2, -0.15) is 5.10 Å². The molecule has 0 radical (unpaired) electrons. The zero-order chi connectivity index (χ0) is 17.1. The van der Waals surface area contributed by atoms with Gasteiger partial charge in [0, 0.05) is 11.1 Å². The summed E-state index contributed by atoms with van der Waals surface area (Å²) in [5.74, 6) is -0.432. The van der Waals surface area contributed by atoms with Crippen molar-refractivity contribution in [3.63, 3.8) is 0 Å². The van der Waals surface area contributed by atoms with Crippen LogP contribution in [0, 0.1) is 6.92 Å². The molecule has 0 fully saturated rings. The summed E-state index contributed by atoms with van der Waals surface area (Å²) in [5, 5.41) is 5.06. The first-order valence-electron chi connectivity index (χ1n) is 7.70. The van der Waals surface area contributed by atoms with Crippen LogP contribution in [0.1, 0.15) is 23.0 Å². The van der Waals surface area contributed by atoms with Gasteiger partial charge in [0.05, 0.1) is 23.0 Å². The Morgan fingerprint density at radius 2 is 1.79 bits per heavy atom. The van der Waals surface area contributed by atoms with E-state index in [4.69, 9.17) is 16.3 Å². The summed E-state index contributed by atoms with van der Waals surface area (Å²) in [5.41, 5.74) is 3.57. The molecule has 1 aromatic heterocycles. The van der Waals surface area contributed by atoms with E-state index in [0.717, 1.165) is 22.5 Å². The highest BCUT2D eigenvalue weighted by atomic mass is 35.5. The molecular weight excluding hydrogens is 324 g/mol. The number of nitrogens with zero attached hydrogens (tertiary/aromatic N) is 2. The van der Waals surface area contributed by atoms with Crippen LogP contribution >= 0.6 is 11.6 Å². The molecule has 0 aliphatic heterocycles. The molecule has 0 N–H and O–H groups in total. The Kier molecular flexibility index (Phi) is 4.67. The van der Waals surface area contributed by atoms with Gasteiger partial charge < -0.3 is 4.74 Å². The lowest BCUT2D eigenvalue weighted by atomic mass is 10.1. The second-order valence-corrected chi connectivity index (χ2v) is 5.68. The Bertz CT molecular complexity index is 872. The van der Waals surface area contributed by atoms with Crippen LogP contribution in [0.4, 0.5) is 0 Å². The number of halogens is 1. The summed E-state index contributed by atoms with van der Waals surface area (Å²) in [6.45, 7) is 3.95. The maximum Gasteiger partial charge on any atom is 0.359 e. The number of rotatable bonds is 4. The minimum atomic E-state index is -0.432. The molecule has 5 heteroatoms. The van der Waals surface area contributed by atoms with E-state index in [2.05, 4.69) is 5.10 Å². The normalized spacial score (nSPS) is 10.6. The molecule has 122 valence electrons. The Labute approximate surface area is 145 Å². The van der Waals surface area contributed by atoms with Crippen molar-refractivity contribution in [3.8, 4) is 16.9 Å². The van der Waals surface area contributed by atoms with Gasteiger partial charge in [-0.05, 0) is 26.0 Å². The molecule has 0 aliphatic carbocycles. The lowest BCUT2D eigenvalue weighted by Gasteiger charge is -2.10. The third-order valence-electron chi connectivity index (χ3n) is 3.72. The molecule has 2 aromatic carbocycles. The minimum Gasteiger partial charge on any atom is -0.461 e. The van der Waals surface area contributed by atoms with E-state index >= 15 is 0 Å². The van der Waals surface area contributed by atoms with Crippen LogP contribution < -0.4 is 0 Å². The van der Waals surface area contributed by atoms with E-state index in [0.29, 0.717) is 17.3 Å². The highest BCUT2D eigenvalue weighted by Crippen LogP contribution is 2.31. The Hall–Kier alpha value is -2.59. The molecule has 0 saturated heterocycles. The van der Waals surface area contributed by atoms with Crippen LogP contribution in [0.2, 0.25) is 5.02 Å². The van der Waals surface area contributed by atoms with Crippen LogP contribution in [0.3, 0.4) is 0 Å². The second-order valence-electron chi connectivity index (χ2n) is 5.27. The molecule has 24 heavy (non-hydrogen) atoms. The fourth-order valence-corrected chi connectivity index (χ4v) is 2.84. The van der Waals surface area contributed by atoms with Gasteiger partial charge in [0.2, 0.25) is 0 Å². The number of carbonyl (C=O) groups excluding carboxylic acids is 1. The number of hydrogen-bond acceptors (Lipinski definition) is 3. The molecule has 1 heterocycles. The van der Waals surface area contributed by atoms with Gasteiger partial charge in [0.15, 0.2) is 5.69 Å². The van der Waals surface area contributed by atoms with E-state index in [9.17, 15) is 4.79 Å². The zero-order valence-electron chi connectivity index (χ0n) is 13.5. The summed E-state index contributed by atoms with van der Waals surface area (Å²) < 4.78 is 6.84. The van der Waals surface area contributed by atoms with Crippen molar-refractivity contribution in [2.24, 2.45) is 0 Å². The first-order valence-corrected chi connectivity index (χ1v) is 8.08. The average Bonchev–Trinajstić information content (AvgIpc) is 2.93. The molecule has 0 saturated carbocycles. The highest BCUT2D eigenvalue weighted by Gasteiger charge is 2.23. The van der Waals surface area contributed by atoms with Crippen LogP contribution in [-0.4, -0.2) is 22.4 Å². The number of aromatic nitrogens is 2. The molecule has 0 bridgehead atoms. The second kappa shape index (κ2) is 6.89. The molecule has 0 aliphatic rings. The third-order valence-corrected chi connectivity index (χ3v) is 4.04. The maximum atomic E-state index is 12.2. The Balaban J connectivity index is 2.26. The molecule has 3 rings (SSSR count). The predicted octanol–water partition coefficient (Wildman–Crippen LogP) is 4.68. The van der Waals surface area contributed by atoms with Crippen molar-refractivity contribution in [1.29, 1.82) is 0 Å². The van der Waals surface area contributed by atoms with E-state index < -0.39 is 5.97 Å². The largest absolute Gasteiger partial charge is 0.461 e. The van der Waals surface area contributed by atoms with Gasteiger partial charge in [0.25, 0.3) is 0 Å². The number of esters is 1. The summed E-state index contributed by atoms with van der Waals surface area (Å²) in [6.07, 6.45) is 0. The fraction of sp³-hybridized carbons (Fsp3) is 0.158. The standard InChI is InChI=1S/C19H17ClN2O2/c1-3-24-19(23)17-13(2)18(14-9-5-4-6-10-14)22(21-17)16-12-8-7-11-15(16)20/h4-12H,3H2,1-2H3. The quantitative estimate of drug-likeness (QED) is 0.648. The van der Waals surface area contributed by atoms with Crippen LogP contribution in [-0.2, 0) is 4.74 Å². The number of hydrogen-bond donors (Lipinski definition) is 0. The smallest absolute Gasteiger partial charge is 0.359 e. The van der Waals surface area contributed by atoms with Crippen LogP contribution in [0.15, 0.2) is 54.6 Å². The van der Waals surface area contributed by atoms with Crippen molar-refractivity contribution < 1.29 is 9.53 Å². The summed E-state index contributed by atoms with van der Waals surface area (Å²) >= 11 is 6.34. The maximum absolute atomic E-state index is 12.2. The number of benzene rings is 2. The minimum absolute atomic E-state index is 0.302. The molecule has 0 amide bonds. The van der Waals surface area contributed by atoms with Crippen molar-refractivity contribution >= 4 is 17.6 Å². The molecule has 0 spiro atoms. The van der Waals surface area contributed by atoms with Gasteiger partial charge in [-0.1, -0.05) is 54.1 Å². The average molecular weight is 341 g/mol. The fourth-order valence-electron chi connectivity index (χ4n) is 2.62. The summed E-state index contributed by atoms with van der Waals surface area (Å²) in [4.78, 5) is 12.2. The van der Waals surface area contributed by atoms with Crippen molar-refractivity contribution in [1.82, 2.24) is 9.78 Å². The van der Waals surface area contributed by atoms with Gasteiger partial charge in [-0.15, -0.1) is 0 Å². The predicted molar refractivity (Wildman–Crippen MR) is 94.7 cm³/mol. The van der Waals surface area contributed by atoms with Gasteiger partial charge in [0.1, 0.15) is 0 Å². The van der Waals surface area contributed by atoms with Gasteiger partial charge >= 0.3 is 5.97 Å². The lowest BCUT2D eigenvalue weighted by molar-refractivity contribution is 0.0518. The monoisotopic (exact) mass is 340 g/mol. The highest BCUT2D eigenvalue weighted by molar-refractivity contribution is 6.32. The number of carbonyl (C=O) groups is 1. The molecule has 0 atom stereocenters.